The van der Waals surface area contributed by atoms with Gasteiger partial charge in [-0.3, -0.25) is 0 Å². The van der Waals surface area contributed by atoms with E-state index in [0.717, 1.165) is 18.2 Å². The van der Waals surface area contributed by atoms with Crippen molar-refractivity contribution in [3.63, 3.8) is 0 Å². The quantitative estimate of drug-likeness (QED) is 0.231. The smallest absolute Gasteiger partial charge is 0.191 e. The van der Waals surface area contributed by atoms with Gasteiger partial charge in [-0.2, -0.15) is 0 Å². The molecule has 2 aliphatic carbocycles. The first-order chi connectivity index (χ1) is 17.4. The number of anilines is 1. The van der Waals surface area contributed by atoms with Crippen molar-refractivity contribution in [3.8, 4) is 0 Å². The van der Waals surface area contributed by atoms with Crippen LogP contribution in [0.3, 0.4) is 0 Å². The van der Waals surface area contributed by atoms with Gasteiger partial charge in [0.15, 0.2) is 33.8 Å². The average Bonchev–Trinajstić information content (AvgIpc) is 3.40. The minimum absolute atomic E-state index is 0.0434. The first-order valence-corrected chi connectivity index (χ1v) is 13.0. The second-order valence-electron chi connectivity index (χ2n) is 9.06. The number of nitrogens with zero attached hydrogens (tertiary/aromatic N) is 5. The molecule has 2 heterocycles. The zero-order valence-corrected chi connectivity index (χ0v) is 20.4. The maximum Gasteiger partial charge on any atom is 0.191 e. The molecule has 6 unspecified atom stereocenters. The third kappa shape index (κ3) is 4.77. The van der Waals surface area contributed by atoms with E-state index < -0.39 is 36.0 Å². The van der Waals surface area contributed by atoms with Crippen LogP contribution in [0.4, 0.5) is 14.6 Å². The summed E-state index contributed by atoms with van der Waals surface area (Å²) in [6.45, 7) is 1.89. The molecule has 0 amide bonds. The molecule has 4 N–H and O–H groups in total. The summed E-state index contributed by atoms with van der Waals surface area (Å²) < 4.78 is 35.0. The van der Waals surface area contributed by atoms with Crippen LogP contribution in [0, 0.1) is 11.6 Å². The molecule has 2 aliphatic rings. The number of halogens is 2. The van der Waals surface area contributed by atoms with Crippen LogP contribution >= 0.6 is 11.8 Å². The zero-order valence-electron chi connectivity index (χ0n) is 19.6. The minimum atomic E-state index is -1.17. The number of thioether (sulfide) groups is 1. The van der Waals surface area contributed by atoms with Gasteiger partial charge in [-0.15, -0.1) is 5.10 Å². The Morgan fingerprint density at radius 3 is 2.81 bits per heavy atom. The molecule has 3 aromatic rings. The monoisotopic (exact) mass is 522 g/mol. The maximum absolute atomic E-state index is 14.3. The van der Waals surface area contributed by atoms with Crippen LogP contribution in [0.25, 0.3) is 11.2 Å². The van der Waals surface area contributed by atoms with Gasteiger partial charge in [-0.25, -0.2) is 23.4 Å². The van der Waals surface area contributed by atoms with Gasteiger partial charge >= 0.3 is 0 Å². The number of hydrogen-bond acceptors (Lipinski definition) is 10. The second-order valence-corrected chi connectivity index (χ2v) is 10.1. The first kappa shape index (κ1) is 25.2. The number of hydrogen-bond donors (Lipinski definition) is 4. The highest BCUT2D eigenvalue weighted by molar-refractivity contribution is 7.99. The van der Waals surface area contributed by atoms with Crippen LogP contribution in [0.2, 0.25) is 0 Å². The molecule has 5 rings (SSSR count). The molecule has 1 aromatic carbocycles. The van der Waals surface area contributed by atoms with Crippen molar-refractivity contribution in [1.29, 1.82) is 0 Å². The third-order valence-corrected chi connectivity index (χ3v) is 7.62. The number of ether oxygens (including phenoxy) is 1. The molecule has 0 radical (unpaired) electrons. The summed E-state index contributed by atoms with van der Waals surface area (Å²) in [7, 11) is 0. The Morgan fingerprint density at radius 2 is 2.03 bits per heavy atom. The summed E-state index contributed by atoms with van der Waals surface area (Å²) >= 11 is 1.46. The predicted octanol–water partition coefficient (Wildman–Crippen LogP) is 2.01. The van der Waals surface area contributed by atoms with E-state index in [9.17, 15) is 19.0 Å². The van der Waals surface area contributed by atoms with E-state index in [2.05, 4.69) is 25.6 Å². The maximum atomic E-state index is 14.3. The van der Waals surface area contributed by atoms with Crippen molar-refractivity contribution >= 4 is 28.7 Å². The molecule has 2 fully saturated rings. The molecule has 2 saturated carbocycles. The van der Waals surface area contributed by atoms with E-state index in [1.165, 1.54) is 22.5 Å². The van der Waals surface area contributed by atoms with E-state index in [-0.39, 0.29) is 31.6 Å². The number of benzene rings is 1. The Kier molecular flexibility index (Phi) is 7.35. The normalized spacial score (nSPS) is 27.6. The van der Waals surface area contributed by atoms with Gasteiger partial charge in [0, 0.05) is 24.1 Å². The summed E-state index contributed by atoms with van der Waals surface area (Å²) in [5.41, 5.74) is 1.08. The molecule has 194 valence electrons. The number of rotatable bonds is 10. The second kappa shape index (κ2) is 10.5. The fourth-order valence-corrected chi connectivity index (χ4v) is 5.35. The van der Waals surface area contributed by atoms with E-state index in [0.29, 0.717) is 34.1 Å². The highest BCUT2D eigenvalue weighted by Gasteiger charge is 2.45. The van der Waals surface area contributed by atoms with Crippen molar-refractivity contribution < 1.29 is 28.8 Å². The van der Waals surface area contributed by atoms with E-state index in [1.807, 2.05) is 6.92 Å². The zero-order chi connectivity index (χ0) is 25.4. The number of aliphatic hydroxyl groups is 3. The summed E-state index contributed by atoms with van der Waals surface area (Å²) in [5, 5.41) is 42.4. The van der Waals surface area contributed by atoms with E-state index in [1.54, 1.807) is 6.07 Å². The molecule has 13 heteroatoms. The molecule has 10 nitrogen and oxygen atoms in total. The van der Waals surface area contributed by atoms with Gasteiger partial charge in [0.25, 0.3) is 0 Å². The largest absolute Gasteiger partial charge is 0.394 e. The summed E-state index contributed by atoms with van der Waals surface area (Å²) in [4.78, 5) is 9.23. The van der Waals surface area contributed by atoms with Crippen molar-refractivity contribution in [2.24, 2.45) is 0 Å². The lowest BCUT2D eigenvalue weighted by molar-refractivity contribution is -0.0629. The predicted molar refractivity (Wildman–Crippen MR) is 128 cm³/mol. The highest BCUT2D eigenvalue weighted by Crippen LogP contribution is 2.45. The van der Waals surface area contributed by atoms with Gasteiger partial charge in [0.1, 0.15) is 12.2 Å². The Hall–Kier alpha value is -2.45. The topological polar surface area (TPSA) is 138 Å². The van der Waals surface area contributed by atoms with Crippen molar-refractivity contribution in [1.82, 2.24) is 25.0 Å². The Morgan fingerprint density at radius 1 is 1.19 bits per heavy atom. The molecular formula is C23H28F2N6O4S. The standard InChI is InChI=1S/C23H28F2N6O4S/c1-2-8-36-23-27-21(26-14-9-12(14)11-4-3-5-13(24)17(11)25)18-22(28-23)31(30-29-18)15-10-16(35-7-6-32)20(34)19(15)33/h3-5,12,14-16,19-20,32-34H,2,6-10H2,1H3,(H,26,27,28). The summed E-state index contributed by atoms with van der Waals surface area (Å²) in [5.74, 6) is -0.701. The molecule has 6 atom stereocenters. The van der Waals surface area contributed by atoms with E-state index >= 15 is 0 Å². The lowest BCUT2D eigenvalue weighted by Crippen LogP contribution is -2.33. The lowest BCUT2D eigenvalue weighted by atomic mass is 10.1. The molecule has 0 spiro atoms. The highest BCUT2D eigenvalue weighted by atomic mass is 32.2. The van der Waals surface area contributed by atoms with Crippen LogP contribution in [-0.4, -0.2) is 83.6 Å². The van der Waals surface area contributed by atoms with Gasteiger partial charge in [-0.05, 0) is 24.5 Å². The average molecular weight is 523 g/mol. The van der Waals surface area contributed by atoms with Crippen LogP contribution in [0.5, 0.6) is 0 Å². The third-order valence-electron chi connectivity index (χ3n) is 6.57. The number of aromatic nitrogens is 5. The van der Waals surface area contributed by atoms with E-state index in [4.69, 9.17) is 9.84 Å². The van der Waals surface area contributed by atoms with Crippen LogP contribution < -0.4 is 5.32 Å². The SMILES string of the molecule is CCCSc1nc(NC2CC2c2cccc(F)c2F)c2nnn(C3CC(OCCO)C(O)C3O)c2n1. The van der Waals surface area contributed by atoms with Crippen LogP contribution in [-0.2, 0) is 4.74 Å². The van der Waals surface area contributed by atoms with Crippen LogP contribution in [0.15, 0.2) is 23.4 Å². The lowest BCUT2D eigenvalue weighted by Gasteiger charge is -2.17. The molecule has 36 heavy (non-hydrogen) atoms. The fourth-order valence-electron chi connectivity index (χ4n) is 4.65. The van der Waals surface area contributed by atoms with Crippen molar-refractivity contribution in [2.45, 2.75) is 67.7 Å². The minimum Gasteiger partial charge on any atom is -0.394 e. The molecule has 0 aliphatic heterocycles. The molecule has 0 saturated heterocycles. The number of aliphatic hydroxyl groups excluding tert-OH is 3. The first-order valence-electron chi connectivity index (χ1n) is 12.0. The molecule has 2 aromatic heterocycles. The van der Waals surface area contributed by atoms with Gasteiger partial charge in [0.05, 0.1) is 25.4 Å². The fraction of sp³-hybridized carbons (Fsp3) is 0.565. The Labute approximate surface area is 210 Å². The molecule has 0 bridgehead atoms. The van der Waals surface area contributed by atoms with Crippen molar-refractivity contribution in [2.75, 3.05) is 24.3 Å². The summed E-state index contributed by atoms with van der Waals surface area (Å²) in [6.07, 6.45) is -1.21. The van der Waals surface area contributed by atoms with Crippen LogP contribution in [0.1, 0.15) is 43.7 Å². The van der Waals surface area contributed by atoms with Crippen molar-refractivity contribution in [3.05, 3.63) is 35.4 Å². The molecular weight excluding hydrogens is 494 g/mol. The number of nitrogens with one attached hydrogen (secondary N) is 1. The van der Waals surface area contributed by atoms with Gasteiger partial charge in [-0.1, -0.05) is 36.0 Å². The summed E-state index contributed by atoms with van der Waals surface area (Å²) in [6, 6.07) is 3.37. The Bertz CT molecular complexity index is 1230. The number of fused-ring (bicyclic) bond motifs is 1. The Balaban J connectivity index is 1.44. The van der Waals surface area contributed by atoms with Gasteiger partial charge < -0.3 is 25.4 Å². The van der Waals surface area contributed by atoms with Gasteiger partial charge in [0.2, 0.25) is 0 Å².